The number of nitrogens with zero attached hydrogens (tertiary/aromatic N) is 3. The monoisotopic (exact) mass is 251 g/mol. The number of rotatable bonds is 3. The van der Waals surface area contributed by atoms with Gasteiger partial charge in [0.1, 0.15) is 0 Å². The SMILES string of the molecule is CCCN1CCC(N2CCN3CCCC3C2)CC1. The van der Waals surface area contributed by atoms with Gasteiger partial charge in [-0.2, -0.15) is 0 Å². The van der Waals surface area contributed by atoms with Gasteiger partial charge in [-0.15, -0.1) is 0 Å². The predicted octanol–water partition coefficient (Wildman–Crippen LogP) is 1.64. The van der Waals surface area contributed by atoms with Crippen LogP contribution >= 0.6 is 0 Å². The zero-order chi connectivity index (χ0) is 12.4. The smallest absolute Gasteiger partial charge is 0.0224 e. The van der Waals surface area contributed by atoms with Crippen molar-refractivity contribution in [1.29, 1.82) is 0 Å². The van der Waals surface area contributed by atoms with Gasteiger partial charge in [-0.3, -0.25) is 9.80 Å². The van der Waals surface area contributed by atoms with Crippen LogP contribution in [0.15, 0.2) is 0 Å². The van der Waals surface area contributed by atoms with Crippen LogP contribution in [0.1, 0.15) is 39.0 Å². The lowest BCUT2D eigenvalue weighted by Crippen LogP contribution is -2.55. The fraction of sp³-hybridized carbons (Fsp3) is 1.00. The first kappa shape index (κ1) is 12.9. The van der Waals surface area contributed by atoms with Gasteiger partial charge in [0.25, 0.3) is 0 Å². The Kier molecular flexibility index (Phi) is 4.22. The molecule has 0 aromatic carbocycles. The summed E-state index contributed by atoms with van der Waals surface area (Å²) in [5, 5.41) is 0. The second kappa shape index (κ2) is 5.89. The summed E-state index contributed by atoms with van der Waals surface area (Å²) in [7, 11) is 0. The molecule has 0 aromatic rings. The maximum absolute atomic E-state index is 2.82. The van der Waals surface area contributed by atoms with Gasteiger partial charge in [0.15, 0.2) is 0 Å². The molecule has 3 saturated heterocycles. The van der Waals surface area contributed by atoms with Crippen LogP contribution in [0.25, 0.3) is 0 Å². The molecule has 0 bridgehead atoms. The lowest BCUT2D eigenvalue weighted by atomic mass is 10.0. The molecule has 3 heterocycles. The maximum atomic E-state index is 2.82. The number of piperazine rings is 1. The second-order valence-corrected chi connectivity index (χ2v) is 6.40. The predicted molar refractivity (Wildman–Crippen MR) is 75.9 cm³/mol. The first-order valence-electron chi connectivity index (χ1n) is 8.07. The molecule has 18 heavy (non-hydrogen) atoms. The molecule has 0 N–H and O–H groups in total. The zero-order valence-electron chi connectivity index (χ0n) is 12.0. The van der Waals surface area contributed by atoms with Crippen molar-refractivity contribution < 1.29 is 0 Å². The van der Waals surface area contributed by atoms with Gasteiger partial charge < -0.3 is 4.90 Å². The van der Waals surface area contributed by atoms with E-state index in [4.69, 9.17) is 0 Å². The summed E-state index contributed by atoms with van der Waals surface area (Å²) in [5.41, 5.74) is 0. The third kappa shape index (κ3) is 2.73. The molecule has 1 atom stereocenters. The Morgan fingerprint density at radius 2 is 1.61 bits per heavy atom. The number of fused-ring (bicyclic) bond motifs is 1. The van der Waals surface area contributed by atoms with Gasteiger partial charge in [-0.25, -0.2) is 0 Å². The van der Waals surface area contributed by atoms with Gasteiger partial charge in [-0.05, 0) is 58.3 Å². The molecule has 0 radical (unpaired) electrons. The van der Waals surface area contributed by atoms with Gasteiger partial charge in [0.2, 0.25) is 0 Å². The van der Waals surface area contributed by atoms with Crippen molar-refractivity contribution in [2.24, 2.45) is 0 Å². The van der Waals surface area contributed by atoms with E-state index < -0.39 is 0 Å². The molecule has 0 aliphatic carbocycles. The number of hydrogen-bond acceptors (Lipinski definition) is 3. The standard InChI is InChI=1S/C15H29N3/c1-2-7-16-9-5-14(6-10-16)18-12-11-17-8-3-4-15(17)13-18/h14-15H,2-13H2,1H3. The van der Waals surface area contributed by atoms with Crippen LogP contribution in [0, 0.1) is 0 Å². The fourth-order valence-electron chi connectivity index (χ4n) is 4.17. The van der Waals surface area contributed by atoms with Crippen LogP contribution in [-0.4, -0.2) is 72.6 Å². The molecular weight excluding hydrogens is 222 g/mol. The maximum Gasteiger partial charge on any atom is 0.0224 e. The lowest BCUT2D eigenvalue weighted by molar-refractivity contribution is 0.0420. The first-order chi connectivity index (χ1) is 8.86. The first-order valence-corrected chi connectivity index (χ1v) is 8.07. The Balaban J connectivity index is 1.48. The van der Waals surface area contributed by atoms with E-state index in [0.717, 1.165) is 12.1 Å². The summed E-state index contributed by atoms with van der Waals surface area (Å²) < 4.78 is 0. The highest BCUT2D eigenvalue weighted by Gasteiger charge is 2.34. The van der Waals surface area contributed by atoms with Crippen molar-refractivity contribution in [2.45, 2.75) is 51.1 Å². The Morgan fingerprint density at radius 1 is 0.833 bits per heavy atom. The van der Waals surface area contributed by atoms with Crippen LogP contribution in [0.2, 0.25) is 0 Å². The summed E-state index contributed by atoms with van der Waals surface area (Å²) >= 11 is 0. The molecule has 0 aromatic heterocycles. The van der Waals surface area contributed by atoms with Gasteiger partial charge in [0.05, 0.1) is 0 Å². The minimum Gasteiger partial charge on any atom is -0.303 e. The molecular formula is C15H29N3. The highest BCUT2D eigenvalue weighted by Crippen LogP contribution is 2.25. The molecule has 0 saturated carbocycles. The Morgan fingerprint density at radius 3 is 2.39 bits per heavy atom. The van der Waals surface area contributed by atoms with E-state index in [9.17, 15) is 0 Å². The number of piperidine rings is 1. The zero-order valence-corrected chi connectivity index (χ0v) is 12.0. The normalized spacial score (nSPS) is 32.8. The van der Waals surface area contributed by atoms with Crippen molar-refractivity contribution in [2.75, 3.05) is 45.8 Å². The largest absolute Gasteiger partial charge is 0.303 e. The summed E-state index contributed by atoms with van der Waals surface area (Å²) in [6.07, 6.45) is 7.02. The highest BCUT2D eigenvalue weighted by atomic mass is 15.3. The van der Waals surface area contributed by atoms with Gasteiger partial charge in [0, 0.05) is 31.7 Å². The molecule has 3 aliphatic rings. The van der Waals surface area contributed by atoms with E-state index in [1.54, 1.807) is 0 Å². The number of likely N-dealkylation sites (tertiary alicyclic amines) is 1. The second-order valence-electron chi connectivity index (χ2n) is 6.40. The average Bonchev–Trinajstić information content (AvgIpc) is 2.87. The Hall–Kier alpha value is -0.120. The van der Waals surface area contributed by atoms with Crippen LogP contribution in [0.4, 0.5) is 0 Å². The van der Waals surface area contributed by atoms with Gasteiger partial charge >= 0.3 is 0 Å². The van der Waals surface area contributed by atoms with Crippen molar-refractivity contribution in [3.05, 3.63) is 0 Å². The number of hydrogen-bond donors (Lipinski definition) is 0. The molecule has 3 rings (SSSR count). The summed E-state index contributed by atoms with van der Waals surface area (Å²) in [6, 6.07) is 1.79. The minimum atomic E-state index is 0.890. The van der Waals surface area contributed by atoms with Crippen molar-refractivity contribution in [3.63, 3.8) is 0 Å². The van der Waals surface area contributed by atoms with Crippen molar-refractivity contribution in [1.82, 2.24) is 14.7 Å². The Labute approximate surface area is 112 Å². The van der Waals surface area contributed by atoms with Crippen LogP contribution in [0.5, 0.6) is 0 Å². The Bertz CT molecular complexity index is 260. The van der Waals surface area contributed by atoms with Crippen molar-refractivity contribution in [3.8, 4) is 0 Å². The van der Waals surface area contributed by atoms with E-state index in [1.165, 1.54) is 77.9 Å². The molecule has 1 unspecified atom stereocenters. The molecule has 0 spiro atoms. The molecule has 3 fully saturated rings. The molecule has 3 aliphatic heterocycles. The van der Waals surface area contributed by atoms with E-state index >= 15 is 0 Å². The van der Waals surface area contributed by atoms with E-state index in [1.807, 2.05) is 0 Å². The summed E-state index contributed by atoms with van der Waals surface area (Å²) in [6.45, 7) is 11.7. The van der Waals surface area contributed by atoms with Crippen LogP contribution in [-0.2, 0) is 0 Å². The molecule has 3 heteroatoms. The molecule has 104 valence electrons. The third-order valence-corrected chi connectivity index (χ3v) is 5.23. The minimum absolute atomic E-state index is 0.890. The third-order valence-electron chi connectivity index (χ3n) is 5.23. The van der Waals surface area contributed by atoms with E-state index in [2.05, 4.69) is 21.6 Å². The van der Waals surface area contributed by atoms with Crippen LogP contribution in [0.3, 0.4) is 0 Å². The van der Waals surface area contributed by atoms with E-state index in [0.29, 0.717) is 0 Å². The van der Waals surface area contributed by atoms with Crippen molar-refractivity contribution >= 4 is 0 Å². The van der Waals surface area contributed by atoms with E-state index in [-0.39, 0.29) is 0 Å². The topological polar surface area (TPSA) is 9.72 Å². The molecule has 3 nitrogen and oxygen atoms in total. The summed E-state index contributed by atoms with van der Waals surface area (Å²) in [4.78, 5) is 8.20. The average molecular weight is 251 g/mol. The van der Waals surface area contributed by atoms with Gasteiger partial charge in [-0.1, -0.05) is 6.92 Å². The quantitative estimate of drug-likeness (QED) is 0.755. The lowest BCUT2D eigenvalue weighted by Gasteiger charge is -2.44. The molecule has 0 amide bonds. The van der Waals surface area contributed by atoms with Crippen LogP contribution < -0.4 is 0 Å². The fourth-order valence-corrected chi connectivity index (χ4v) is 4.17. The summed E-state index contributed by atoms with van der Waals surface area (Å²) in [5.74, 6) is 0. The highest BCUT2D eigenvalue weighted by molar-refractivity contribution is 4.90.